The van der Waals surface area contributed by atoms with Crippen LogP contribution in [0.1, 0.15) is 82.0 Å². The number of rotatable bonds is 7. The summed E-state index contributed by atoms with van der Waals surface area (Å²) in [4.78, 5) is 36.9. The molecule has 2 N–H and O–H groups in total. The Kier molecular flexibility index (Phi) is 5.85. The van der Waals surface area contributed by atoms with Crippen LogP contribution in [0.15, 0.2) is 10.6 Å². The molecule has 1 saturated carbocycles. The summed E-state index contributed by atoms with van der Waals surface area (Å²) in [6, 6.07) is 0.429. The van der Waals surface area contributed by atoms with Crippen LogP contribution in [0, 0.1) is 6.92 Å². The number of amides is 2. The second-order valence-corrected chi connectivity index (χ2v) is 9.12. The van der Waals surface area contributed by atoms with E-state index in [4.69, 9.17) is 4.42 Å². The summed E-state index contributed by atoms with van der Waals surface area (Å²) in [7, 11) is 0. The van der Waals surface area contributed by atoms with Crippen LogP contribution < -0.4 is 10.6 Å². The summed E-state index contributed by atoms with van der Waals surface area (Å²) in [6.07, 6.45) is 10.4. The maximum absolute atomic E-state index is 13.0. The largest absolute Gasteiger partial charge is 0.465 e. The number of aromatic nitrogens is 2. The highest BCUT2D eigenvalue weighted by Gasteiger charge is 2.27. The fourth-order valence-electron chi connectivity index (χ4n) is 4.74. The van der Waals surface area contributed by atoms with E-state index in [1.807, 2.05) is 11.8 Å². The number of aryl methyl sites for hydroxylation is 2. The van der Waals surface area contributed by atoms with Crippen LogP contribution >= 0.6 is 0 Å². The number of likely N-dealkylation sites (tertiary alicyclic amines) is 1. The van der Waals surface area contributed by atoms with E-state index < -0.39 is 0 Å². The van der Waals surface area contributed by atoms with Crippen LogP contribution in [-0.2, 0) is 19.3 Å². The van der Waals surface area contributed by atoms with E-state index in [1.54, 1.807) is 6.20 Å². The first kappa shape index (κ1) is 21.0. The monoisotopic (exact) mass is 437 g/mol. The average Bonchev–Trinajstić information content (AvgIpc) is 3.30. The first-order valence-electron chi connectivity index (χ1n) is 11.9. The molecule has 0 spiro atoms. The first-order chi connectivity index (χ1) is 15.6. The van der Waals surface area contributed by atoms with Gasteiger partial charge < -0.3 is 20.0 Å². The van der Waals surface area contributed by atoms with Crippen molar-refractivity contribution in [2.24, 2.45) is 0 Å². The van der Waals surface area contributed by atoms with Gasteiger partial charge in [0.1, 0.15) is 11.5 Å². The summed E-state index contributed by atoms with van der Waals surface area (Å²) >= 11 is 0. The third-order valence-electron chi connectivity index (χ3n) is 6.62. The second kappa shape index (κ2) is 8.92. The molecule has 0 unspecified atom stereocenters. The van der Waals surface area contributed by atoms with Crippen LogP contribution in [0.25, 0.3) is 0 Å². The smallest absolute Gasteiger partial charge is 0.257 e. The van der Waals surface area contributed by atoms with Gasteiger partial charge in [-0.25, -0.2) is 9.97 Å². The molecule has 8 heteroatoms. The summed E-state index contributed by atoms with van der Waals surface area (Å²) < 4.78 is 5.85. The van der Waals surface area contributed by atoms with E-state index in [1.165, 1.54) is 0 Å². The molecule has 0 atom stereocenters. The Labute approximate surface area is 188 Å². The second-order valence-electron chi connectivity index (χ2n) is 9.12. The fraction of sp³-hybridized carbons (Fsp3) is 0.583. The maximum Gasteiger partial charge on any atom is 0.257 e. The highest BCUT2D eigenvalue weighted by Crippen LogP contribution is 2.29. The zero-order valence-electron chi connectivity index (χ0n) is 18.7. The molecule has 5 rings (SSSR count). The van der Waals surface area contributed by atoms with E-state index in [0.29, 0.717) is 47.5 Å². The van der Waals surface area contributed by atoms with Crippen LogP contribution in [-0.4, -0.2) is 52.4 Å². The molecule has 3 aliphatic rings. The maximum atomic E-state index is 13.0. The summed E-state index contributed by atoms with van der Waals surface area (Å²) in [6.45, 7) is 3.82. The van der Waals surface area contributed by atoms with Gasteiger partial charge in [-0.1, -0.05) is 0 Å². The highest BCUT2D eigenvalue weighted by molar-refractivity contribution is 5.97. The third kappa shape index (κ3) is 4.36. The summed E-state index contributed by atoms with van der Waals surface area (Å²) in [5, 5.41) is 6.34. The summed E-state index contributed by atoms with van der Waals surface area (Å²) in [5.74, 6) is 2.10. The number of hydrogen-bond donors (Lipinski definition) is 2. The number of furan rings is 1. The van der Waals surface area contributed by atoms with E-state index in [2.05, 4.69) is 20.6 Å². The van der Waals surface area contributed by atoms with Crippen molar-refractivity contribution in [3.05, 3.63) is 40.1 Å². The fourth-order valence-corrected chi connectivity index (χ4v) is 4.74. The van der Waals surface area contributed by atoms with Gasteiger partial charge in [0.05, 0.1) is 16.8 Å². The van der Waals surface area contributed by atoms with E-state index in [0.717, 1.165) is 75.8 Å². The molecule has 0 aromatic carbocycles. The number of carbonyl (C=O) groups excluding carboxylic acids is 2. The molecule has 170 valence electrons. The Morgan fingerprint density at radius 3 is 2.72 bits per heavy atom. The topological polar surface area (TPSA) is 100 Å². The predicted molar refractivity (Wildman–Crippen MR) is 120 cm³/mol. The van der Waals surface area contributed by atoms with Gasteiger partial charge in [0.15, 0.2) is 0 Å². The van der Waals surface area contributed by atoms with E-state index in [-0.39, 0.29) is 11.8 Å². The lowest BCUT2D eigenvalue weighted by molar-refractivity contribution is 0.0790. The van der Waals surface area contributed by atoms with Crippen molar-refractivity contribution in [2.75, 3.05) is 25.0 Å². The Hall–Kier alpha value is -2.90. The van der Waals surface area contributed by atoms with Crippen molar-refractivity contribution in [1.29, 1.82) is 0 Å². The molecule has 2 fully saturated rings. The molecule has 1 saturated heterocycles. The minimum absolute atomic E-state index is 0.0125. The molecule has 1 aliphatic heterocycles. The molecule has 32 heavy (non-hydrogen) atoms. The summed E-state index contributed by atoms with van der Waals surface area (Å²) in [5.41, 5.74) is 2.98. The Morgan fingerprint density at radius 2 is 1.94 bits per heavy atom. The van der Waals surface area contributed by atoms with Crippen molar-refractivity contribution in [2.45, 2.75) is 70.8 Å². The van der Waals surface area contributed by atoms with Crippen LogP contribution in [0.3, 0.4) is 0 Å². The number of fused-ring (bicyclic) bond motifs is 1. The van der Waals surface area contributed by atoms with Crippen molar-refractivity contribution in [1.82, 2.24) is 20.2 Å². The van der Waals surface area contributed by atoms with Gasteiger partial charge in [-0.2, -0.15) is 0 Å². The van der Waals surface area contributed by atoms with Gasteiger partial charge in [-0.05, 0) is 51.9 Å². The van der Waals surface area contributed by atoms with Gasteiger partial charge in [0.25, 0.3) is 11.8 Å². The van der Waals surface area contributed by atoms with Crippen molar-refractivity contribution in [3.8, 4) is 0 Å². The molecule has 2 aliphatic carbocycles. The molecule has 2 aromatic rings. The van der Waals surface area contributed by atoms with Gasteiger partial charge in [0.2, 0.25) is 5.95 Å². The molecule has 3 heterocycles. The SMILES string of the molecule is Cc1oc2c(c1C(=O)NCCc1nc(NC3CC3)ncc1C(=O)N1CCCC1)CCCC2. The van der Waals surface area contributed by atoms with Gasteiger partial charge >= 0.3 is 0 Å². The lowest BCUT2D eigenvalue weighted by atomic mass is 9.94. The number of nitrogens with one attached hydrogen (secondary N) is 2. The zero-order valence-corrected chi connectivity index (χ0v) is 18.7. The third-order valence-corrected chi connectivity index (χ3v) is 6.62. The predicted octanol–water partition coefficient (Wildman–Crippen LogP) is 3.04. The minimum Gasteiger partial charge on any atom is -0.465 e. The Morgan fingerprint density at radius 1 is 1.16 bits per heavy atom. The standard InChI is InChI=1S/C24H31N5O3/c1-15-21(17-6-2-3-7-20(17)32-15)22(30)25-11-10-19-18(23(31)29-12-4-5-13-29)14-26-24(28-19)27-16-8-9-16/h14,16H,2-13H2,1H3,(H,25,30)(H,26,27,28). The van der Waals surface area contributed by atoms with Gasteiger partial charge in [-0.3, -0.25) is 9.59 Å². The number of anilines is 1. The molecular formula is C24H31N5O3. The minimum atomic E-state index is -0.104. The Bertz CT molecular complexity index is 1020. The van der Waals surface area contributed by atoms with Crippen molar-refractivity contribution in [3.63, 3.8) is 0 Å². The quantitative estimate of drug-likeness (QED) is 0.691. The number of hydrogen-bond acceptors (Lipinski definition) is 6. The molecule has 0 radical (unpaired) electrons. The number of nitrogens with zero attached hydrogens (tertiary/aromatic N) is 3. The van der Waals surface area contributed by atoms with Gasteiger partial charge in [0, 0.05) is 50.3 Å². The van der Waals surface area contributed by atoms with Crippen molar-refractivity contribution < 1.29 is 14.0 Å². The molecular weight excluding hydrogens is 406 g/mol. The van der Waals surface area contributed by atoms with Crippen LogP contribution in [0.4, 0.5) is 5.95 Å². The highest BCUT2D eigenvalue weighted by atomic mass is 16.3. The molecule has 8 nitrogen and oxygen atoms in total. The van der Waals surface area contributed by atoms with Crippen LogP contribution in [0.5, 0.6) is 0 Å². The first-order valence-corrected chi connectivity index (χ1v) is 11.9. The Balaban J connectivity index is 1.30. The van der Waals surface area contributed by atoms with Crippen molar-refractivity contribution >= 4 is 17.8 Å². The number of carbonyl (C=O) groups is 2. The lowest BCUT2D eigenvalue weighted by Gasteiger charge is -2.18. The van der Waals surface area contributed by atoms with Crippen LogP contribution in [0.2, 0.25) is 0 Å². The molecule has 0 bridgehead atoms. The normalized spacial score (nSPS) is 17.8. The average molecular weight is 438 g/mol. The molecule has 2 aromatic heterocycles. The molecule has 2 amide bonds. The van der Waals surface area contributed by atoms with Gasteiger partial charge in [-0.15, -0.1) is 0 Å². The lowest BCUT2D eigenvalue weighted by Crippen LogP contribution is -2.31. The van der Waals surface area contributed by atoms with E-state index >= 15 is 0 Å². The zero-order chi connectivity index (χ0) is 22.1. The van der Waals surface area contributed by atoms with E-state index in [9.17, 15) is 9.59 Å².